The van der Waals surface area contributed by atoms with Crippen molar-refractivity contribution in [1.29, 1.82) is 0 Å². The van der Waals surface area contributed by atoms with Crippen LogP contribution in [0.5, 0.6) is 0 Å². The number of anilines is 2. The summed E-state index contributed by atoms with van der Waals surface area (Å²) in [5.74, 6) is 8.26. The Bertz CT molecular complexity index is 472. The fraction of sp³-hybridized carbons (Fsp3) is 0.733. The van der Waals surface area contributed by atoms with Crippen LogP contribution in [0.1, 0.15) is 46.4 Å². The summed E-state index contributed by atoms with van der Waals surface area (Å²) < 4.78 is 5.72. The molecule has 6 nitrogen and oxygen atoms in total. The van der Waals surface area contributed by atoms with E-state index in [0.717, 1.165) is 37.6 Å². The Morgan fingerprint density at radius 3 is 2.67 bits per heavy atom. The Morgan fingerprint density at radius 2 is 2.05 bits per heavy atom. The van der Waals surface area contributed by atoms with Crippen LogP contribution in [0.2, 0.25) is 0 Å². The number of hydrogen-bond acceptors (Lipinski definition) is 6. The monoisotopic (exact) mass is 293 g/mol. The van der Waals surface area contributed by atoms with E-state index in [9.17, 15) is 0 Å². The molecule has 2 rings (SSSR count). The Balaban J connectivity index is 2.09. The molecule has 0 aliphatic carbocycles. The summed E-state index contributed by atoms with van der Waals surface area (Å²) in [5.41, 5.74) is 2.49. The van der Waals surface area contributed by atoms with E-state index >= 15 is 0 Å². The zero-order chi connectivity index (χ0) is 15.5. The van der Waals surface area contributed by atoms with E-state index in [0.29, 0.717) is 17.8 Å². The second kappa shape index (κ2) is 6.58. The van der Waals surface area contributed by atoms with E-state index < -0.39 is 0 Å². The van der Waals surface area contributed by atoms with Gasteiger partial charge in [0.15, 0.2) is 0 Å². The Labute approximate surface area is 126 Å². The summed E-state index contributed by atoms with van der Waals surface area (Å²) in [6, 6.07) is 1.84. The molecule has 0 saturated carbocycles. The van der Waals surface area contributed by atoms with Crippen molar-refractivity contribution in [2.75, 3.05) is 23.9 Å². The highest BCUT2D eigenvalue weighted by atomic mass is 16.5. The first kappa shape index (κ1) is 16.0. The largest absolute Gasteiger partial charge is 0.378 e. The highest BCUT2D eigenvalue weighted by Gasteiger charge is 2.26. The van der Waals surface area contributed by atoms with Crippen LogP contribution in [0.4, 0.5) is 11.6 Å². The van der Waals surface area contributed by atoms with E-state index in [1.165, 1.54) is 0 Å². The molecule has 1 saturated heterocycles. The van der Waals surface area contributed by atoms with Gasteiger partial charge in [-0.15, -0.1) is 0 Å². The zero-order valence-electron chi connectivity index (χ0n) is 13.4. The number of nitrogen functional groups attached to an aromatic ring is 1. The standard InChI is InChI=1S/C15H27N5O/c1-5-11-10(6-7-21-11)9-17-12-8-13(20-16)19-14(18-12)15(2,3)4/h8,10-11H,5-7,9,16H2,1-4H3,(H2,17,18,19,20). The number of hydrogen-bond donors (Lipinski definition) is 3. The van der Waals surface area contributed by atoms with E-state index in [1.54, 1.807) is 0 Å². The predicted octanol–water partition coefficient (Wildman–Crippen LogP) is 2.29. The highest BCUT2D eigenvalue weighted by molar-refractivity contribution is 5.47. The SMILES string of the molecule is CCC1OCCC1CNc1cc(NN)nc(C(C)(C)C)n1. The number of ether oxygens (including phenoxy) is 1. The summed E-state index contributed by atoms with van der Waals surface area (Å²) in [6.07, 6.45) is 2.51. The van der Waals surface area contributed by atoms with Crippen molar-refractivity contribution in [3.8, 4) is 0 Å². The van der Waals surface area contributed by atoms with Crippen molar-refractivity contribution < 1.29 is 4.74 Å². The third-order valence-electron chi connectivity index (χ3n) is 3.84. The van der Waals surface area contributed by atoms with Crippen LogP contribution in [0.15, 0.2) is 6.07 Å². The number of nitrogens with one attached hydrogen (secondary N) is 2. The second-order valence-electron chi connectivity index (χ2n) is 6.60. The van der Waals surface area contributed by atoms with E-state index in [4.69, 9.17) is 10.6 Å². The average molecular weight is 293 g/mol. The fourth-order valence-electron chi connectivity index (χ4n) is 2.56. The quantitative estimate of drug-likeness (QED) is 0.570. The Hall–Kier alpha value is -1.40. The van der Waals surface area contributed by atoms with Crippen molar-refractivity contribution in [1.82, 2.24) is 9.97 Å². The molecule has 2 unspecified atom stereocenters. The molecule has 4 N–H and O–H groups in total. The molecule has 0 amide bonds. The summed E-state index contributed by atoms with van der Waals surface area (Å²) in [5, 5.41) is 3.41. The maximum atomic E-state index is 5.72. The Kier molecular flexibility index (Phi) is 5.00. The third-order valence-corrected chi connectivity index (χ3v) is 3.84. The lowest BCUT2D eigenvalue weighted by Gasteiger charge is -2.21. The molecule has 1 aliphatic heterocycles. The van der Waals surface area contributed by atoms with Crippen LogP contribution in [-0.4, -0.2) is 29.2 Å². The molecule has 2 atom stereocenters. The number of nitrogens with two attached hydrogens (primary N) is 1. The molecule has 2 heterocycles. The molecule has 1 aromatic rings. The molecule has 118 valence electrons. The number of rotatable bonds is 5. The zero-order valence-corrected chi connectivity index (χ0v) is 13.4. The van der Waals surface area contributed by atoms with Gasteiger partial charge in [-0.1, -0.05) is 27.7 Å². The Morgan fingerprint density at radius 1 is 1.33 bits per heavy atom. The van der Waals surface area contributed by atoms with Gasteiger partial charge >= 0.3 is 0 Å². The van der Waals surface area contributed by atoms with Crippen molar-refractivity contribution in [3.63, 3.8) is 0 Å². The second-order valence-corrected chi connectivity index (χ2v) is 6.60. The topological polar surface area (TPSA) is 85.1 Å². The van der Waals surface area contributed by atoms with Gasteiger partial charge in [0, 0.05) is 30.6 Å². The van der Waals surface area contributed by atoms with Crippen LogP contribution in [0, 0.1) is 5.92 Å². The van der Waals surface area contributed by atoms with Gasteiger partial charge in [0.2, 0.25) is 0 Å². The van der Waals surface area contributed by atoms with E-state index in [-0.39, 0.29) is 5.41 Å². The molecular weight excluding hydrogens is 266 g/mol. The van der Waals surface area contributed by atoms with E-state index in [2.05, 4.69) is 48.4 Å². The van der Waals surface area contributed by atoms with Crippen LogP contribution in [0.3, 0.4) is 0 Å². The number of nitrogens with zero attached hydrogens (tertiary/aromatic N) is 2. The molecule has 0 aromatic carbocycles. The summed E-state index contributed by atoms with van der Waals surface area (Å²) in [7, 11) is 0. The minimum Gasteiger partial charge on any atom is -0.378 e. The van der Waals surface area contributed by atoms with Gasteiger partial charge in [-0.05, 0) is 12.8 Å². The lowest BCUT2D eigenvalue weighted by atomic mass is 9.96. The van der Waals surface area contributed by atoms with Crippen molar-refractivity contribution in [2.45, 2.75) is 52.1 Å². The molecule has 6 heteroatoms. The summed E-state index contributed by atoms with van der Waals surface area (Å²) in [6.45, 7) is 10.2. The minimum atomic E-state index is -0.119. The van der Waals surface area contributed by atoms with E-state index in [1.807, 2.05) is 6.07 Å². The van der Waals surface area contributed by atoms with Crippen LogP contribution >= 0.6 is 0 Å². The van der Waals surface area contributed by atoms with Gasteiger partial charge in [-0.2, -0.15) is 0 Å². The van der Waals surface area contributed by atoms with Crippen molar-refractivity contribution in [3.05, 3.63) is 11.9 Å². The lowest BCUT2D eigenvalue weighted by molar-refractivity contribution is 0.0900. The van der Waals surface area contributed by atoms with Gasteiger partial charge < -0.3 is 15.5 Å². The van der Waals surface area contributed by atoms with Crippen LogP contribution in [-0.2, 0) is 10.2 Å². The fourth-order valence-corrected chi connectivity index (χ4v) is 2.56. The summed E-state index contributed by atoms with van der Waals surface area (Å²) >= 11 is 0. The maximum Gasteiger partial charge on any atom is 0.145 e. The minimum absolute atomic E-state index is 0.119. The lowest BCUT2D eigenvalue weighted by Crippen LogP contribution is -2.24. The van der Waals surface area contributed by atoms with Crippen molar-refractivity contribution >= 4 is 11.6 Å². The molecular formula is C15H27N5O. The van der Waals surface area contributed by atoms with Gasteiger partial charge in [0.05, 0.1) is 6.10 Å². The van der Waals surface area contributed by atoms with Gasteiger partial charge in [-0.25, -0.2) is 15.8 Å². The average Bonchev–Trinajstić information content (AvgIpc) is 2.91. The third kappa shape index (κ3) is 4.04. The molecule has 1 aromatic heterocycles. The van der Waals surface area contributed by atoms with Crippen molar-refractivity contribution in [2.24, 2.45) is 11.8 Å². The smallest absolute Gasteiger partial charge is 0.145 e. The first-order chi connectivity index (χ1) is 9.94. The number of aromatic nitrogens is 2. The number of hydrazine groups is 1. The molecule has 0 radical (unpaired) electrons. The maximum absolute atomic E-state index is 5.72. The highest BCUT2D eigenvalue weighted by Crippen LogP contribution is 2.25. The first-order valence-electron chi connectivity index (χ1n) is 7.65. The van der Waals surface area contributed by atoms with Crippen LogP contribution in [0.25, 0.3) is 0 Å². The van der Waals surface area contributed by atoms with Gasteiger partial charge in [0.1, 0.15) is 17.5 Å². The molecule has 0 bridgehead atoms. The first-order valence-corrected chi connectivity index (χ1v) is 7.65. The van der Waals surface area contributed by atoms with Gasteiger partial charge in [-0.3, -0.25) is 0 Å². The normalized spacial score (nSPS) is 22.3. The van der Waals surface area contributed by atoms with Gasteiger partial charge in [0.25, 0.3) is 0 Å². The van der Waals surface area contributed by atoms with Crippen LogP contribution < -0.4 is 16.6 Å². The molecule has 21 heavy (non-hydrogen) atoms. The predicted molar refractivity (Wildman–Crippen MR) is 85.2 cm³/mol. The molecule has 1 aliphatic rings. The summed E-state index contributed by atoms with van der Waals surface area (Å²) in [4.78, 5) is 9.03. The molecule has 1 fully saturated rings. The molecule has 0 spiro atoms.